The zero-order valence-electron chi connectivity index (χ0n) is 9.36. The maximum atomic E-state index is 11.3. The lowest BCUT2D eigenvalue weighted by molar-refractivity contribution is -0.139. The van der Waals surface area contributed by atoms with Crippen LogP contribution in [0.1, 0.15) is 17.9 Å². The lowest BCUT2D eigenvalue weighted by atomic mass is 9.79. The number of hydrogen-bond donors (Lipinski definition) is 2. The van der Waals surface area contributed by atoms with Crippen molar-refractivity contribution in [2.45, 2.75) is 18.4 Å². The Balaban J connectivity index is 2.17. The van der Waals surface area contributed by atoms with E-state index in [9.17, 15) is 9.90 Å². The number of aliphatic carboxylic acids is 1. The van der Waals surface area contributed by atoms with Gasteiger partial charge >= 0.3 is 5.97 Å². The van der Waals surface area contributed by atoms with Crippen LogP contribution in [-0.4, -0.2) is 17.1 Å². The number of hydrogen-bond acceptors (Lipinski definition) is 2. The molecule has 5 heteroatoms. The molecule has 1 heterocycles. The van der Waals surface area contributed by atoms with Crippen molar-refractivity contribution in [1.82, 2.24) is 0 Å². The number of rotatable bonds is 1. The molecule has 0 spiro atoms. The number of benzene rings is 1. The van der Waals surface area contributed by atoms with E-state index in [1.165, 1.54) is 0 Å². The van der Waals surface area contributed by atoms with Gasteiger partial charge in [-0.05, 0) is 18.6 Å². The maximum Gasteiger partial charge on any atom is 0.326 e. The highest BCUT2D eigenvalue weighted by atomic mass is 35.5. The van der Waals surface area contributed by atoms with Gasteiger partial charge in [0.1, 0.15) is 6.04 Å². The summed E-state index contributed by atoms with van der Waals surface area (Å²) in [5.74, 6) is -0.810. The molecule has 0 saturated carbocycles. The summed E-state index contributed by atoms with van der Waals surface area (Å²) in [6, 6.07) is 2.83. The van der Waals surface area contributed by atoms with Crippen LogP contribution < -0.4 is 5.32 Å². The van der Waals surface area contributed by atoms with Gasteiger partial charge in [0.25, 0.3) is 0 Å². The molecular weight excluding hydrogens is 273 g/mol. The molecule has 3 atom stereocenters. The van der Waals surface area contributed by atoms with Crippen LogP contribution in [0.25, 0.3) is 0 Å². The van der Waals surface area contributed by atoms with E-state index in [1.807, 2.05) is 12.2 Å². The molecule has 0 unspecified atom stereocenters. The van der Waals surface area contributed by atoms with E-state index in [0.717, 1.165) is 12.0 Å². The first-order valence-electron chi connectivity index (χ1n) is 5.73. The molecule has 2 aliphatic rings. The summed E-state index contributed by atoms with van der Waals surface area (Å²) < 4.78 is 0. The van der Waals surface area contributed by atoms with Crippen molar-refractivity contribution in [3.63, 3.8) is 0 Å². The van der Waals surface area contributed by atoms with Crippen LogP contribution in [0.4, 0.5) is 5.69 Å². The standard InChI is InChI=1S/C13H11Cl2NO2/c14-8-4-5-9(15)12-10(8)6-2-1-3-7(6)11(16-12)13(17)18/h1-2,4-7,11,16H,3H2,(H,17,18)/t6-,7-,11-/m1/s1. The predicted octanol–water partition coefficient (Wildman–Crippen LogP) is 3.53. The SMILES string of the molecule is O=C(O)[C@@H]1Nc2c(Cl)ccc(Cl)c2[C@@H]2C=CC[C@@H]12. The molecule has 1 aromatic rings. The van der Waals surface area contributed by atoms with Gasteiger partial charge in [-0.2, -0.15) is 0 Å². The summed E-state index contributed by atoms with van der Waals surface area (Å²) >= 11 is 12.4. The van der Waals surface area contributed by atoms with Crippen LogP contribution in [0.15, 0.2) is 24.3 Å². The van der Waals surface area contributed by atoms with E-state index in [1.54, 1.807) is 12.1 Å². The number of fused-ring (bicyclic) bond motifs is 3. The lowest BCUT2D eigenvalue weighted by Gasteiger charge is -2.35. The maximum absolute atomic E-state index is 11.3. The first kappa shape index (κ1) is 11.9. The Bertz CT molecular complexity index is 556. The van der Waals surface area contributed by atoms with Crippen molar-refractivity contribution in [3.05, 3.63) is 39.9 Å². The average molecular weight is 284 g/mol. The number of anilines is 1. The number of nitrogens with one attached hydrogen (secondary N) is 1. The lowest BCUT2D eigenvalue weighted by Crippen LogP contribution is -2.42. The molecule has 0 bridgehead atoms. The van der Waals surface area contributed by atoms with Gasteiger partial charge in [-0.15, -0.1) is 0 Å². The van der Waals surface area contributed by atoms with Crippen LogP contribution >= 0.6 is 23.2 Å². The summed E-state index contributed by atoms with van der Waals surface area (Å²) in [6.07, 6.45) is 4.79. The minimum absolute atomic E-state index is 0.00552. The van der Waals surface area contributed by atoms with Gasteiger partial charge in [0.2, 0.25) is 0 Å². The second-order valence-electron chi connectivity index (χ2n) is 4.63. The van der Waals surface area contributed by atoms with Crippen LogP contribution in [0.3, 0.4) is 0 Å². The van der Waals surface area contributed by atoms with Gasteiger partial charge in [-0.1, -0.05) is 35.4 Å². The Morgan fingerprint density at radius 3 is 2.78 bits per heavy atom. The zero-order valence-corrected chi connectivity index (χ0v) is 10.9. The second-order valence-corrected chi connectivity index (χ2v) is 5.45. The topological polar surface area (TPSA) is 49.3 Å². The number of carbonyl (C=O) groups is 1. The molecule has 1 aliphatic heterocycles. The van der Waals surface area contributed by atoms with Gasteiger partial charge in [-0.3, -0.25) is 0 Å². The number of carboxylic acids is 1. The molecule has 3 nitrogen and oxygen atoms in total. The third kappa shape index (κ3) is 1.62. The van der Waals surface area contributed by atoms with Gasteiger partial charge in [0, 0.05) is 22.4 Å². The Morgan fingerprint density at radius 2 is 2.06 bits per heavy atom. The van der Waals surface area contributed by atoms with Gasteiger partial charge in [0.05, 0.1) is 10.7 Å². The van der Waals surface area contributed by atoms with Crippen LogP contribution in [0, 0.1) is 5.92 Å². The van der Waals surface area contributed by atoms with Gasteiger partial charge in [0.15, 0.2) is 0 Å². The van der Waals surface area contributed by atoms with Crippen LogP contribution in [-0.2, 0) is 4.79 Å². The fourth-order valence-electron chi connectivity index (χ4n) is 2.87. The highest BCUT2D eigenvalue weighted by Crippen LogP contribution is 2.49. The molecule has 3 rings (SSSR count). The molecule has 0 aromatic heterocycles. The predicted molar refractivity (Wildman–Crippen MR) is 71.5 cm³/mol. The number of allylic oxidation sites excluding steroid dienone is 2. The van der Waals surface area contributed by atoms with Crippen molar-refractivity contribution in [1.29, 1.82) is 0 Å². The quantitative estimate of drug-likeness (QED) is 0.775. The molecule has 0 amide bonds. The van der Waals surface area contributed by atoms with E-state index in [4.69, 9.17) is 23.2 Å². The summed E-state index contributed by atoms with van der Waals surface area (Å²) in [5, 5.41) is 13.5. The van der Waals surface area contributed by atoms with E-state index < -0.39 is 12.0 Å². The minimum Gasteiger partial charge on any atom is -0.480 e. The van der Waals surface area contributed by atoms with Crippen molar-refractivity contribution >= 4 is 34.9 Å². The third-order valence-electron chi connectivity index (χ3n) is 3.68. The van der Waals surface area contributed by atoms with Gasteiger partial charge < -0.3 is 10.4 Å². The fourth-order valence-corrected chi connectivity index (χ4v) is 3.38. The molecule has 0 radical (unpaired) electrons. The molecule has 1 aromatic carbocycles. The third-order valence-corrected chi connectivity index (χ3v) is 4.33. The normalized spacial score (nSPS) is 28.4. The first-order valence-corrected chi connectivity index (χ1v) is 6.49. The summed E-state index contributed by atoms with van der Waals surface area (Å²) in [7, 11) is 0. The highest BCUT2D eigenvalue weighted by Gasteiger charge is 2.42. The molecule has 2 N–H and O–H groups in total. The molecule has 18 heavy (non-hydrogen) atoms. The van der Waals surface area contributed by atoms with Crippen molar-refractivity contribution in [2.75, 3.05) is 5.32 Å². The van der Waals surface area contributed by atoms with Crippen molar-refractivity contribution in [2.24, 2.45) is 5.92 Å². The van der Waals surface area contributed by atoms with E-state index in [0.29, 0.717) is 15.7 Å². The molecule has 94 valence electrons. The smallest absolute Gasteiger partial charge is 0.326 e. The molecule has 0 fully saturated rings. The Kier molecular flexibility index (Phi) is 2.76. The Morgan fingerprint density at radius 1 is 1.33 bits per heavy atom. The van der Waals surface area contributed by atoms with Gasteiger partial charge in [-0.25, -0.2) is 4.79 Å². The molecule has 0 saturated heterocycles. The van der Waals surface area contributed by atoms with Crippen LogP contribution in [0.2, 0.25) is 10.0 Å². The molecule has 1 aliphatic carbocycles. The van der Waals surface area contributed by atoms with E-state index in [-0.39, 0.29) is 11.8 Å². The fraction of sp³-hybridized carbons (Fsp3) is 0.308. The zero-order chi connectivity index (χ0) is 12.9. The second kappa shape index (κ2) is 4.18. The highest BCUT2D eigenvalue weighted by molar-refractivity contribution is 6.36. The van der Waals surface area contributed by atoms with Crippen molar-refractivity contribution in [3.8, 4) is 0 Å². The largest absolute Gasteiger partial charge is 0.480 e. The molecular formula is C13H11Cl2NO2. The van der Waals surface area contributed by atoms with Crippen molar-refractivity contribution < 1.29 is 9.90 Å². The Labute approximate surface area is 114 Å². The summed E-state index contributed by atoms with van der Waals surface area (Å²) in [6.45, 7) is 0. The summed E-state index contributed by atoms with van der Waals surface area (Å²) in [4.78, 5) is 11.3. The first-order chi connectivity index (χ1) is 8.59. The van der Waals surface area contributed by atoms with Crippen LogP contribution in [0.5, 0.6) is 0 Å². The van der Waals surface area contributed by atoms with E-state index in [2.05, 4.69) is 5.32 Å². The minimum atomic E-state index is -0.851. The number of carboxylic acid groups (broad SMARTS) is 1. The monoisotopic (exact) mass is 283 g/mol. The summed E-state index contributed by atoms with van der Waals surface area (Å²) in [5.41, 5.74) is 1.57. The van der Waals surface area contributed by atoms with E-state index >= 15 is 0 Å². The number of halogens is 2. The average Bonchev–Trinajstić information content (AvgIpc) is 2.81. The Hall–Kier alpha value is -1.19.